The average molecular weight is 432 g/mol. The van der Waals surface area contributed by atoms with E-state index in [1.54, 1.807) is 12.1 Å². The maximum Gasteiger partial charge on any atom is 0.407 e. The number of amides is 1. The summed E-state index contributed by atoms with van der Waals surface area (Å²) >= 11 is 0. The van der Waals surface area contributed by atoms with E-state index in [-0.39, 0.29) is 12.5 Å². The van der Waals surface area contributed by atoms with E-state index in [1.807, 2.05) is 31.2 Å². The highest BCUT2D eigenvalue weighted by molar-refractivity contribution is 5.69. The molecule has 6 nitrogen and oxygen atoms in total. The van der Waals surface area contributed by atoms with Crippen LogP contribution < -0.4 is 0 Å². The monoisotopic (exact) mass is 431 g/mol. The summed E-state index contributed by atoms with van der Waals surface area (Å²) in [5, 5.41) is 20.4. The van der Waals surface area contributed by atoms with E-state index < -0.39 is 17.7 Å². The summed E-state index contributed by atoms with van der Waals surface area (Å²) in [6.45, 7) is 3.06. The molecule has 0 bridgehead atoms. The minimum absolute atomic E-state index is 0.155. The van der Waals surface area contributed by atoms with Gasteiger partial charge in [0.2, 0.25) is 0 Å². The van der Waals surface area contributed by atoms with Crippen LogP contribution >= 0.6 is 0 Å². The SMILES string of the molecule is COC(O)(CCCCC1CN(C(=O)O)CCO1)c1cccc(F)c1-c1cccc(C)c1. The fourth-order valence-electron chi connectivity index (χ4n) is 4.09. The Kier molecular flexibility index (Phi) is 7.64. The number of benzene rings is 2. The fraction of sp³-hybridized carbons (Fsp3) is 0.458. The highest BCUT2D eigenvalue weighted by Crippen LogP contribution is 2.37. The number of rotatable bonds is 8. The normalized spacial score (nSPS) is 18.6. The van der Waals surface area contributed by atoms with Crippen LogP contribution in [-0.4, -0.2) is 54.1 Å². The summed E-state index contributed by atoms with van der Waals surface area (Å²) in [5.41, 5.74) is 2.42. The van der Waals surface area contributed by atoms with Crippen LogP contribution in [0.25, 0.3) is 11.1 Å². The van der Waals surface area contributed by atoms with Crippen LogP contribution in [0.1, 0.15) is 36.8 Å². The number of hydrogen-bond acceptors (Lipinski definition) is 4. The minimum atomic E-state index is -1.64. The first-order valence-electron chi connectivity index (χ1n) is 10.6. The third-order valence-electron chi connectivity index (χ3n) is 5.78. The Morgan fingerprint density at radius 1 is 1.29 bits per heavy atom. The van der Waals surface area contributed by atoms with Crippen LogP contribution in [0.15, 0.2) is 42.5 Å². The Morgan fingerprint density at radius 2 is 2.06 bits per heavy atom. The molecule has 1 aliphatic heterocycles. The van der Waals surface area contributed by atoms with Crippen LogP contribution in [0.2, 0.25) is 0 Å². The number of hydrogen-bond donors (Lipinski definition) is 2. The number of carbonyl (C=O) groups is 1. The van der Waals surface area contributed by atoms with Crippen LogP contribution in [0.3, 0.4) is 0 Å². The third kappa shape index (κ3) is 5.61. The van der Waals surface area contributed by atoms with Gasteiger partial charge in [-0.1, -0.05) is 48.4 Å². The van der Waals surface area contributed by atoms with Crippen LogP contribution in [0.5, 0.6) is 0 Å². The summed E-state index contributed by atoms with van der Waals surface area (Å²) in [7, 11) is 1.42. The molecule has 2 atom stereocenters. The van der Waals surface area contributed by atoms with Crippen LogP contribution in [-0.2, 0) is 15.3 Å². The number of aliphatic hydroxyl groups is 1. The van der Waals surface area contributed by atoms with Crippen LogP contribution in [0, 0.1) is 12.7 Å². The lowest BCUT2D eigenvalue weighted by molar-refractivity contribution is -0.199. The van der Waals surface area contributed by atoms with Gasteiger partial charge >= 0.3 is 6.09 Å². The first-order chi connectivity index (χ1) is 14.8. The molecule has 0 saturated carbocycles. The van der Waals surface area contributed by atoms with E-state index in [4.69, 9.17) is 14.6 Å². The minimum Gasteiger partial charge on any atom is -0.465 e. The number of methoxy groups -OCH3 is 1. The lowest BCUT2D eigenvalue weighted by Gasteiger charge is -2.32. The zero-order chi connectivity index (χ0) is 22.4. The molecule has 2 N–H and O–H groups in total. The maximum absolute atomic E-state index is 14.8. The van der Waals surface area contributed by atoms with Gasteiger partial charge in [-0.05, 0) is 31.4 Å². The van der Waals surface area contributed by atoms with Crippen molar-refractivity contribution in [3.63, 3.8) is 0 Å². The van der Waals surface area contributed by atoms with Gasteiger partial charge < -0.3 is 24.6 Å². The molecule has 0 aliphatic carbocycles. The Hall–Kier alpha value is -2.48. The van der Waals surface area contributed by atoms with E-state index in [2.05, 4.69) is 0 Å². The fourth-order valence-corrected chi connectivity index (χ4v) is 4.09. The predicted octanol–water partition coefficient (Wildman–Crippen LogP) is 4.53. The molecule has 2 aromatic rings. The van der Waals surface area contributed by atoms with E-state index in [0.717, 1.165) is 12.0 Å². The first kappa shape index (κ1) is 23.2. The zero-order valence-electron chi connectivity index (χ0n) is 18.0. The molecule has 1 fully saturated rings. The van der Waals surface area contributed by atoms with Crippen molar-refractivity contribution >= 4 is 6.09 Å². The van der Waals surface area contributed by atoms with Gasteiger partial charge in [-0.3, -0.25) is 0 Å². The Morgan fingerprint density at radius 3 is 2.77 bits per heavy atom. The molecule has 31 heavy (non-hydrogen) atoms. The van der Waals surface area contributed by atoms with Crippen molar-refractivity contribution < 1.29 is 28.9 Å². The van der Waals surface area contributed by atoms with Gasteiger partial charge in [0.1, 0.15) is 5.82 Å². The second-order valence-corrected chi connectivity index (χ2v) is 7.99. The molecule has 1 saturated heterocycles. The molecule has 2 unspecified atom stereocenters. The van der Waals surface area contributed by atoms with Gasteiger partial charge in [0, 0.05) is 31.2 Å². The number of unbranched alkanes of at least 4 members (excludes halogenated alkanes) is 1. The highest BCUT2D eigenvalue weighted by Gasteiger charge is 2.33. The Balaban J connectivity index is 1.70. The lowest BCUT2D eigenvalue weighted by Crippen LogP contribution is -2.45. The quantitative estimate of drug-likeness (QED) is 0.474. The standard InChI is InChI=1S/C24H30FNO5/c1-17-7-5-8-18(15-17)22-20(10-6-11-21(22)25)24(29,30-2)12-4-3-9-19-16-26(23(27)28)13-14-31-19/h5-8,10-11,15,19,29H,3-4,9,12-14,16H2,1-2H3,(H,27,28). The predicted molar refractivity (Wildman–Crippen MR) is 115 cm³/mol. The Bertz CT molecular complexity index is 905. The molecular weight excluding hydrogens is 401 g/mol. The van der Waals surface area contributed by atoms with Crippen molar-refractivity contribution in [1.82, 2.24) is 4.90 Å². The molecule has 1 amide bonds. The van der Waals surface area contributed by atoms with Crippen LogP contribution in [0.4, 0.5) is 9.18 Å². The smallest absolute Gasteiger partial charge is 0.407 e. The summed E-state index contributed by atoms with van der Waals surface area (Å²) in [6, 6.07) is 12.1. The van der Waals surface area contributed by atoms with Gasteiger partial charge in [-0.15, -0.1) is 0 Å². The maximum atomic E-state index is 14.8. The number of morpholine rings is 1. The third-order valence-corrected chi connectivity index (χ3v) is 5.78. The van der Waals surface area contributed by atoms with E-state index >= 15 is 0 Å². The van der Waals surface area contributed by atoms with Crippen molar-refractivity contribution in [3.8, 4) is 11.1 Å². The molecule has 1 heterocycles. The number of halogens is 1. The van der Waals surface area contributed by atoms with E-state index in [9.17, 15) is 14.3 Å². The molecule has 0 spiro atoms. The molecule has 3 rings (SSSR count). The van der Waals surface area contributed by atoms with Crippen molar-refractivity contribution in [2.24, 2.45) is 0 Å². The second kappa shape index (κ2) is 10.2. The first-order valence-corrected chi connectivity index (χ1v) is 10.6. The molecule has 168 valence electrons. The summed E-state index contributed by atoms with van der Waals surface area (Å²) in [6.07, 6.45) is 1.20. The second-order valence-electron chi connectivity index (χ2n) is 7.99. The van der Waals surface area contributed by atoms with Gasteiger partial charge in [-0.25, -0.2) is 9.18 Å². The molecule has 0 radical (unpaired) electrons. The summed E-state index contributed by atoms with van der Waals surface area (Å²) < 4.78 is 26.0. The zero-order valence-corrected chi connectivity index (χ0v) is 18.0. The van der Waals surface area contributed by atoms with E-state index in [0.29, 0.717) is 49.2 Å². The van der Waals surface area contributed by atoms with Crippen molar-refractivity contribution in [2.45, 2.75) is 44.5 Å². The van der Waals surface area contributed by atoms with E-state index in [1.165, 1.54) is 18.1 Å². The highest BCUT2D eigenvalue weighted by atomic mass is 19.1. The van der Waals surface area contributed by atoms with Crippen molar-refractivity contribution in [2.75, 3.05) is 26.8 Å². The lowest BCUT2D eigenvalue weighted by atomic mass is 9.90. The number of carboxylic acid groups (broad SMARTS) is 1. The van der Waals surface area contributed by atoms with Gasteiger partial charge in [-0.2, -0.15) is 0 Å². The molecule has 2 aromatic carbocycles. The topological polar surface area (TPSA) is 79.2 Å². The molecule has 0 aromatic heterocycles. The largest absolute Gasteiger partial charge is 0.465 e. The van der Waals surface area contributed by atoms with Gasteiger partial charge in [0.25, 0.3) is 0 Å². The molecular formula is C24H30FNO5. The summed E-state index contributed by atoms with van der Waals surface area (Å²) in [5.74, 6) is -2.05. The average Bonchev–Trinajstić information content (AvgIpc) is 2.76. The van der Waals surface area contributed by atoms with Crippen molar-refractivity contribution in [1.29, 1.82) is 0 Å². The molecule has 7 heteroatoms. The number of aryl methyl sites for hydroxylation is 1. The van der Waals surface area contributed by atoms with Gasteiger partial charge in [0.05, 0.1) is 19.3 Å². The summed E-state index contributed by atoms with van der Waals surface area (Å²) in [4.78, 5) is 12.5. The van der Waals surface area contributed by atoms with Crippen molar-refractivity contribution in [3.05, 3.63) is 59.4 Å². The molecule has 1 aliphatic rings. The Labute approximate surface area is 182 Å². The number of ether oxygens (including phenoxy) is 2. The van der Waals surface area contributed by atoms with Gasteiger partial charge in [0.15, 0.2) is 5.79 Å². The number of nitrogens with zero attached hydrogens (tertiary/aromatic N) is 1.